The lowest BCUT2D eigenvalue weighted by atomic mass is 10.1. The molecule has 2 rings (SSSR count). The summed E-state index contributed by atoms with van der Waals surface area (Å²) in [7, 11) is 0. The van der Waals surface area contributed by atoms with Crippen LogP contribution in [0, 0.1) is 0 Å². The van der Waals surface area contributed by atoms with E-state index in [-0.39, 0.29) is 5.56 Å². The monoisotopic (exact) mass is 265 g/mol. The lowest BCUT2D eigenvalue weighted by molar-refractivity contribution is 0.0350. The molecular formula is C12H19N5O2. The van der Waals surface area contributed by atoms with Gasteiger partial charge in [0.05, 0.1) is 11.3 Å². The highest BCUT2D eigenvalue weighted by molar-refractivity contribution is 5.25. The summed E-state index contributed by atoms with van der Waals surface area (Å²) in [5.74, 6) is 0.363. The fourth-order valence-corrected chi connectivity index (χ4v) is 2.01. The van der Waals surface area contributed by atoms with E-state index in [4.69, 9.17) is 0 Å². The van der Waals surface area contributed by atoms with Crippen molar-refractivity contribution in [3.05, 3.63) is 28.4 Å². The van der Waals surface area contributed by atoms with Gasteiger partial charge in [-0.1, -0.05) is 6.92 Å². The molecule has 19 heavy (non-hydrogen) atoms. The Hall–Kier alpha value is -1.73. The smallest absolute Gasteiger partial charge is 0.274 e. The third kappa shape index (κ3) is 3.39. The van der Waals surface area contributed by atoms with Crippen molar-refractivity contribution in [1.29, 1.82) is 0 Å². The van der Waals surface area contributed by atoms with Gasteiger partial charge in [0.15, 0.2) is 0 Å². The molecule has 2 heterocycles. The predicted molar refractivity (Wildman–Crippen MR) is 70.9 cm³/mol. The standard InChI is InChI=1S/C12H19N5O2/c1-4-16(7-12(2,3)19)6-9-5-10(18)17-11(15-9)13-8-14-17/h5,8,19H,4,6-7H2,1-3H3,(H,13,14,15). The number of H-pyrrole nitrogens is 1. The van der Waals surface area contributed by atoms with Crippen LogP contribution in [0.15, 0.2) is 17.2 Å². The summed E-state index contributed by atoms with van der Waals surface area (Å²) in [5, 5.41) is 12.5. The Morgan fingerprint density at radius 1 is 1.53 bits per heavy atom. The van der Waals surface area contributed by atoms with E-state index in [1.165, 1.54) is 16.9 Å². The van der Waals surface area contributed by atoms with Crippen LogP contribution in [0.3, 0.4) is 0 Å². The fourth-order valence-electron chi connectivity index (χ4n) is 2.01. The minimum Gasteiger partial charge on any atom is -0.389 e. The second kappa shape index (κ2) is 5.10. The second-order valence-corrected chi connectivity index (χ2v) is 5.22. The topological polar surface area (TPSA) is 86.5 Å². The molecule has 0 aliphatic heterocycles. The SMILES string of the molecule is CCN(Cc1cc(=O)n2[nH]cnc2n1)CC(C)(C)O. The number of aromatic nitrogens is 4. The van der Waals surface area contributed by atoms with Gasteiger partial charge in [-0.2, -0.15) is 4.52 Å². The fraction of sp³-hybridized carbons (Fsp3) is 0.583. The first-order valence-electron chi connectivity index (χ1n) is 6.26. The van der Waals surface area contributed by atoms with E-state index in [2.05, 4.69) is 15.1 Å². The quantitative estimate of drug-likeness (QED) is 0.795. The van der Waals surface area contributed by atoms with Crippen molar-refractivity contribution in [3.63, 3.8) is 0 Å². The maximum Gasteiger partial charge on any atom is 0.274 e. The summed E-state index contributed by atoms with van der Waals surface area (Å²) < 4.78 is 1.29. The molecule has 0 radical (unpaired) electrons. The maximum absolute atomic E-state index is 11.8. The van der Waals surface area contributed by atoms with E-state index >= 15 is 0 Å². The van der Waals surface area contributed by atoms with Gasteiger partial charge in [-0.3, -0.25) is 14.8 Å². The molecule has 0 saturated heterocycles. The minimum atomic E-state index is -0.776. The average molecular weight is 265 g/mol. The molecule has 0 saturated carbocycles. The van der Waals surface area contributed by atoms with Crippen molar-refractivity contribution in [2.24, 2.45) is 0 Å². The Balaban J connectivity index is 2.22. The number of hydrogen-bond donors (Lipinski definition) is 2. The van der Waals surface area contributed by atoms with Crippen molar-refractivity contribution in [2.45, 2.75) is 32.9 Å². The van der Waals surface area contributed by atoms with Crippen LogP contribution < -0.4 is 5.56 Å². The Kier molecular flexibility index (Phi) is 3.68. The summed E-state index contributed by atoms with van der Waals surface area (Å²) in [4.78, 5) is 22.1. The highest BCUT2D eigenvalue weighted by atomic mass is 16.3. The van der Waals surface area contributed by atoms with E-state index in [0.717, 1.165) is 6.54 Å². The summed E-state index contributed by atoms with van der Waals surface area (Å²) in [5.41, 5.74) is -0.304. The highest BCUT2D eigenvalue weighted by Crippen LogP contribution is 2.08. The summed E-state index contributed by atoms with van der Waals surface area (Å²) >= 11 is 0. The number of fused-ring (bicyclic) bond motifs is 1. The number of nitrogens with zero attached hydrogens (tertiary/aromatic N) is 4. The number of nitrogens with one attached hydrogen (secondary N) is 1. The van der Waals surface area contributed by atoms with Gasteiger partial charge < -0.3 is 5.11 Å². The molecule has 2 aromatic rings. The van der Waals surface area contributed by atoms with E-state index in [0.29, 0.717) is 24.6 Å². The lowest BCUT2D eigenvalue weighted by Crippen LogP contribution is -2.38. The molecule has 7 nitrogen and oxygen atoms in total. The predicted octanol–water partition coefficient (Wildman–Crippen LogP) is 0.0104. The Morgan fingerprint density at radius 2 is 2.26 bits per heavy atom. The maximum atomic E-state index is 11.8. The van der Waals surface area contributed by atoms with Gasteiger partial charge in [0.1, 0.15) is 6.33 Å². The van der Waals surface area contributed by atoms with Gasteiger partial charge in [-0.15, -0.1) is 0 Å². The molecule has 0 unspecified atom stereocenters. The summed E-state index contributed by atoms with van der Waals surface area (Å²) in [6, 6.07) is 1.48. The molecule has 2 aromatic heterocycles. The van der Waals surface area contributed by atoms with Gasteiger partial charge in [-0.25, -0.2) is 9.97 Å². The summed E-state index contributed by atoms with van der Waals surface area (Å²) in [6.07, 6.45) is 1.43. The van der Waals surface area contributed by atoms with Crippen LogP contribution in [0.1, 0.15) is 26.5 Å². The molecule has 104 valence electrons. The van der Waals surface area contributed by atoms with E-state index in [1.807, 2.05) is 11.8 Å². The van der Waals surface area contributed by atoms with E-state index < -0.39 is 5.60 Å². The van der Waals surface area contributed by atoms with Crippen LogP contribution in [0.2, 0.25) is 0 Å². The van der Waals surface area contributed by atoms with Gasteiger partial charge in [0.25, 0.3) is 11.3 Å². The van der Waals surface area contributed by atoms with Crippen LogP contribution in [0.5, 0.6) is 0 Å². The van der Waals surface area contributed by atoms with Crippen LogP contribution in [-0.4, -0.2) is 48.3 Å². The van der Waals surface area contributed by atoms with Crippen molar-refractivity contribution < 1.29 is 5.11 Å². The third-order valence-corrected chi connectivity index (χ3v) is 2.76. The molecule has 0 aliphatic rings. The normalized spacial score (nSPS) is 12.5. The Morgan fingerprint density at radius 3 is 2.89 bits per heavy atom. The first kappa shape index (κ1) is 13.7. The lowest BCUT2D eigenvalue weighted by Gasteiger charge is -2.27. The van der Waals surface area contributed by atoms with Gasteiger partial charge in [0, 0.05) is 19.2 Å². The van der Waals surface area contributed by atoms with E-state index in [1.54, 1.807) is 13.8 Å². The zero-order valence-corrected chi connectivity index (χ0v) is 11.4. The number of likely N-dealkylation sites (N-methyl/N-ethyl adjacent to an activating group) is 1. The average Bonchev–Trinajstić information content (AvgIpc) is 2.74. The van der Waals surface area contributed by atoms with Crippen LogP contribution >= 0.6 is 0 Å². The zero-order chi connectivity index (χ0) is 14.0. The molecule has 0 fully saturated rings. The van der Waals surface area contributed by atoms with Crippen molar-refractivity contribution in [2.75, 3.05) is 13.1 Å². The Labute approximate surface area is 110 Å². The first-order valence-corrected chi connectivity index (χ1v) is 6.26. The Bertz CT molecular complexity index is 610. The highest BCUT2D eigenvalue weighted by Gasteiger charge is 2.18. The van der Waals surface area contributed by atoms with E-state index in [9.17, 15) is 9.90 Å². The van der Waals surface area contributed by atoms with Crippen molar-refractivity contribution >= 4 is 5.78 Å². The van der Waals surface area contributed by atoms with Gasteiger partial charge >= 0.3 is 0 Å². The number of hydrogen-bond acceptors (Lipinski definition) is 5. The number of aromatic amines is 1. The van der Waals surface area contributed by atoms with Gasteiger partial charge in [-0.05, 0) is 20.4 Å². The molecule has 2 N–H and O–H groups in total. The van der Waals surface area contributed by atoms with Crippen molar-refractivity contribution in [3.8, 4) is 0 Å². The molecule has 0 atom stereocenters. The molecule has 0 bridgehead atoms. The molecule has 0 amide bonds. The van der Waals surface area contributed by atoms with Crippen LogP contribution in [0.4, 0.5) is 0 Å². The summed E-state index contributed by atoms with van der Waals surface area (Å²) in [6.45, 7) is 7.32. The van der Waals surface area contributed by atoms with Crippen LogP contribution in [-0.2, 0) is 6.54 Å². The molecule has 0 aromatic carbocycles. The minimum absolute atomic E-state index is 0.184. The third-order valence-electron chi connectivity index (χ3n) is 2.76. The number of aliphatic hydroxyl groups is 1. The number of rotatable bonds is 5. The molecule has 7 heteroatoms. The molecule has 0 spiro atoms. The zero-order valence-electron chi connectivity index (χ0n) is 11.4. The van der Waals surface area contributed by atoms with Gasteiger partial charge in [0.2, 0.25) is 0 Å². The largest absolute Gasteiger partial charge is 0.389 e. The van der Waals surface area contributed by atoms with Crippen LogP contribution in [0.25, 0.3) is 5.78 Å². The molecular weight excluding hydrogens is 246 g/mol. The second-order valence-electron chi connectivity index (χ2n) is 5.22. The van der Waals surface area contributed by atoms with Crippen molar-refractivity contribution in [1.82, 2.24) is 24.5 Å². The first-order chi connectivity index (χ1) is 8.89. The molecule has 0 aliphatic carbocycles.